The van der Waals surface area contributed by atoms with Crippen molar-refractivity contribution < 1.29 is 23.8 Å². The van der Waals surface area contributed by atoms with Crippen molar-refractivity contribution in [2.24, 2.45) is 0 Å². The third-order valence-corrected chi connectivity index (χ3v) is 3.85. The van der Waals surface area contributed by atoms with E-state index in [9.17, 15) is 14.0 Å². The molecule has 126 valence electrons. The first kappa shape index (κ1) is 17.9. The molecule has 0 aromatic heterocycles. The summed E-state index contributed by atoms with van der Waals surface area (Å²) in [6, 6.07) is 12.5. The third-order valence-electron chi connectivity index (χ3n) is 3.24. The Balaban J connectivity index is 2.07. The highest BCUT2D eigenvalue weighted by Crippen LogP contribution is 2.26. The van der Waals surface area contributed by atoms with Gasteiger partial charge in [-0.05, 0) is 27.6 Å². The van der Waals surface area contributed by atoms with Crippen LogP contribution in [0.3, 0.4) is 0 Å². The van der Waals surface area contributed by atoms with E-state index in [0.29, 0.717) is 0 Å². The molecule has 0 saturated carbocycles. The second kappa shape index (κ2) is 8.44. The van der Waals surface area contributed by atoms with Crippen LogP contribution in [-0.4, -0.2) is 17.2 Å². The molecule has 24 heavy (non-hydrogen) atoms. The van der Waals surface area contributed by atoms with Gasteiger partial charge in [0.1, 0.15) is 12.4 Å². The van der Waals surface area contributed by atoms with E-state index >= 15 is 0 Å². The Morgan fingerprint density at radius 1 is 1.17 bits per heavy atom. The lowest BCUT2D eigenvalue weighted by Gasteiger charge is -2.18. The van der Waals surface area contributed by atoms with Crippen LogP contribution >= 0.6 is 15.9 Å². The fourth-order valence-corrected chi connectivity index (χ4v) is 2.49. The second-order valence-electron chi connectivity index (χ2n) is 5.00. The maximum absolute atomic E-state index is 14.2. The predicted octanol–water partition coefficient (Wildman–Crippen LogP) is 4.03. The number of carboxylic acids is 1. The number of carbonyl (C=O) groups excluding carboxylic acids is 1. The van der Waals surface area contributed by atoms with Gasteiger partial charge in [-0.1, -0.05) is 42.5 Å². The minimum atomic E-state index is -1.16. The molecular formula is C17H15BrFNO4. The highest BCUT2D eigenvalue weighted by molar-refractivity contribution is 9.10. The first-order valence-electron chi connectivity index (χ1n) is 7.10. The zero-order chi connectivity index (χ0) is 17.5. The lowest BCUT2D eigenvalue weighted by molar-refractivity contribution is -0.137. The summed E-state index contributed by atoms with van der Waals surface area (Å²) < 4.78 is 19.4. The van der Waals surface area contributed by atoms with Gasteiger partial charge in [0.25, 0.3) is 0 Å². The van der Waals surface area contributed by atoms with E-state index in [1.807, 2.05) is 6.07 Å². The Kier molecular flexibility index (Phi) is 6.31. The molecule has 0 aliphatic carbocycles. The van der Waals surface area contributed by atoms with Crippen molar-refractivity contribution in [3.63, 3.8) is 0 Å². The molecule has 1 atom stereocenters. The van der Waals surface area contributed by atoms with E-state index in [1.54, 1.807) is 30.3 Å². The Bertz CT molecular complexity index is 724. The number of carbonyl (C=O) groups is 2. The highest BCUT2D eigenvalue weighted by Gasteiger charge is 2.22. The molecule has 7 heteroatoms. The fourth-order valence-electron chi connectivity index (χ4n) is 2.11. The number of ether oxygens (including phenoxy) is 1. The maximum Gasteiger partial charge on any atom is 0.407 e. The molecule has 1 amide bonds. The topological polar surface area (TPSA) is 75.6 Å². The van der Waals surface area contributed by atoms with Crippen LogP contribution in [0.15, 0.2) is 53.0 Å². The standard InChI is InChI=1S/C17H15BrFNO4/c18-13-8-4-7-12(16(13)19)14(9-15(21)22)20-17(23)24-10-11-5-2-1-3-6-11/h1-8,14H,9-10H2,(H,20,23)(H,21,22)/t14-/m1/s1. The van der Waals surface area contributed by atoms with Gasteiger partial charge in [0, 0.05) is 5.56 Å². The minimum absolute atomic E-state index is 0.0351. The summed E-state index contributed by atoms with van der Waals surface area (Å²) in [4.78, 5) is 22.9. The van der Waals surface area contributed by atoms with Gasteiger partial charge in [0.15, 0.2) is 0 Å². The van der Waals surface area contributed by atoms with Crippen molar-refractivity contribution in [3.05, 3.63) is 69.9 Å². The van der Waals surface area contributed by atoms with Gasteiger partial charge in [-0.2, -0.15) is 0 Å². The molecule has 0 aliphatic rings. The number of halogens is 2. The summed E-state index contributed by atoms with van der Waals surface area (Å²) in [6.45, 7) is 0.0351. The molecule has 0 radical (unpaired) electrons. The molecule has 0 spiro atoms. The number of nitrogens with one attached hydrogen (secondary N) is 1. The summed E-state index contributed by atoms with van der Waals surface area (Å²) >= 11 is 3.04. The number of hydrogen-bond donors (Lipinski definition) is 2. The van der Waals surface area contributed by atoms with E-state index in [2.05, 4.69) is 21.2 Å². The number of carboxylic acid groups (broad SMARTS) is 1. The molecular weight excluding hydrogens is 381 g/mol. The largest absolute Gasteiger partial charge is 0.481 e. The van der Waals surface area contributed by atoms with Crippen molar-refractivity contribution >= 4 is 28.0 Å². The zero-order valence-electron chi connectivity index (χ0n) is 12.5. The van der Waals surface area contributed by atoms with Crippen LogP contribution < -0.4 is 5.32 Å². The lowest BCUT2D eigenvalue weighted by Crippen LogP contribution is -2.31. The summed E-state index contributed by atoms with van der Waals surface area (Å²) in [5, 5.41) is 11.4. The number of amides is 1. The van der Waals surface area contributed by atoms with Crippen molar-refractivity contribution in [2.75, 3.05) is 0 Å². The first-order chi connectivity index (χ1) is 11.5. The lowest BCUT2D eigenvalue weighted by atomic mass is 10.0. The highest BCUT2D eigenvalue weighted by atomic mass is 79.9. The van der Waals surface area contributed by atoms with Crippen LogP contribution in [0.5, 0.6) is 0 Å². The van der Waals surface area contributed by atoms with E-state index in [4.69, 9.17) is 9.84 Å². The van der Waals surface area contributed by atoms with Crippen LogP contribution in [0.1, 0.15) is 23.6 Å². The normalized spacial score (nSPS) is 11.6. The van der Waals surface area contributed by atoms with Crippen LogP contribution in [0.25, 0.3) is 0 Å². The SMILES string of the molecule is O=C(O)C[C@@H](NC(=O)OCc1ccccc1)c1cccc(Br)c1F. The fraction of sp³-hybridized carbons (Fsp3) is 0.176. The molecule has 0 aliphatic heterocycles. The summed E-state index contributed by atoms with van der Waals surface area (Å²) in [6.07, 6.45) is -1.28. The molecule has 0 unspecified atom stereocenters. The number of alkyl carbamates (subject to hydrolysis) is 1. The molecule has 0 fully saturated rings. The smallest absolute Gasteiger partial charge is 0.407 e. The second-order valence-corrected chi connectivity index (χ2v) is 5.85. The Hall–Kier alpha value is -2.41. The van der Waals surface area contributed by atoms with E-state index in [1.165, 1.54) is 12.1 Å². The average molecular weight is 396 g/mol. The van der Waals surface area contributed by atoms with Crippen LogP contribution in [0.2, 0.25) is 0 Å². The van der Waals surface area contributed by atoms with Crippen LogP contribution in [-0.2, 0) is 16.1 Å². The average Bonchev–Trinajstić information content (AvgIpc) is 2.55. The Morgan fingerprint density at radius 2 is 1.88 bits per heavy atom. The molecule has 2 N–H and O–H groups in total. The van der Waals surface area contributed by atoms with Gasteiger partial charge in [0.05, 0.1) is 16.9 Å². The summed E-state index contributed by atoms with van der Waals surface area (Å²) in [7, 11) is 0. The van der Waals surface area contributed by atoms with Gasteiger partial charge in [-0.25, -0.2) is 9.18 Å². The monoisotopic (exact) mass is 395 g/mol. The van der Waals surface area contributed by atoms with Crippen LogP contribution in [0, 0.1) is 5.82 Å². The van der Waals surface area contributed by atoms with Gasteiger partial charge in [-0.15, -0.1) is 0 Å². The molecule has 0 bridgehead atoms. The van der Waals surface area contributed by atoms with Crippen LogP contribution in [0.4, 0.5) is 9.18 Å². The number of rotatable bonds is 6. The predicted molar refractivity (Wildman–Crippen MR) is 88.9 cm³/mol. The molecule has 0 heterocycles. The van der Waals surface area contributed by atoms with Crippen molar-refractivity contribution in [3.8, 4) is 0 Å². The number of benzene rings is 2. The van der Waals surface area contributed by atoms with E-state index in [0.717, 1.165) is 5.56 Å². The third kappa shape index (κ3) is 5.06. The molecule has 2 rings (SSSR count). The van der Waals surface area contributed by atoms with E-state index < -0.39 is 30.3 Å². The quantitative estimate of drug-likeness (QED) is 0.773. The summed E-state index contributed by atoms with van der Waals surface area (Å²) in [5.41, 5.74) is 0.861. The summed E-state index contributed by atoms with van der Waals surface area (Å²) in [5.74, 6) is -1.78. The van der Waals surface area contributed by atoms with Gasteiger partial charge < -0.3 is 15.2 Å². The zero-order valence-corrected chi connectivity index (χ0v) is 14.1. The molecule has 2 aromatic rings. The van der Waals surface area contributed by atoms with E-state index in [-0.39, 0.29) is 16.6 Å². The van der Waals surface area contributed by atoms with Crippen molar-refractivity contribution in [1.29, 1.82) is 0 Å². The molecule has 5 nitrogen and oxygen atoms in total. The first-order valence-corrected chi connectivity index (χ1v) is 7.89. The Labute approximate surface area is 146 Å². The minimum Gasteiger partial charge on any atom is -0.481 e. The maximum atomic E-state index is 14.2. The van der Waals surface area contributed by atoms with Gasteiger partial charge >= 0.3 is 12.1 Å². The Morgan fingerprint density at radius 3 is 2.54 bits per heavy atom. The molecule has 2 aromatic carbocycles. The molecule has 0 saturated heterocycles. The van der Waals surface area contributed by atoms with Gasteiger partial charge in [0.2, 0.25) is 0 Å². The number of hydrogen-bond acceptors (Lipinski definition) is 3. The van der Waals surface area contributed by atoms with Crippen molar-refractivity contribution in [1.82, 2.24) is 5.32 Å². The van der Waals surface area contributed by atoms with Crippen molar-refractivity contribution in [2.45, 2.75) is 19.1 Å². The van der Waals surface area contributed by atoms with Gasteiger partial charge in [-0.3, -0.25) is 4.79 Å². The number of aliphatic carboxylic acids is 1.